The van der Waals surface area contributed by atoms with Crippen LogP contribution in [0.2, 0.25) is 0 Å². The van der Waals surface area contributed by atoms with Crippen LogP contribution in [-0.4, -0.2) is 14.9 Å². The number of nitrogens with zero attached hydrogens (tertiary/aromatic N) is 2. The average molecular weight is 231 g/mol. The summed E-state index contributed by atoms with van der Waals surface area (Å²) in [6, 6.07) is 6.99. The lowest BCUT2D eigenvalue weighted by atomic mass is 10.1. The lowest BCUT2D eigenvalue weighted by Crippen LogP contribution is -2.07. The highest BCUT2D eigenvalue weighted by molar-refractivity contribution is 5.41. The first-order valence-electron chi connectivity index (χ1n) is 5.62. The minimum Gasteiger partial charge on any atom is -0.508 e. The molecule has 1 unspecified atom stereocenters. The maximum Gasteiger partial charge on any atom is 0.117 e. The molecule has 2 aromatic rings. The van der Waals surface area contributed by atoms with Crippen molar-refractivity contribution in [3.63, 3.8) is 0 Å². The number of aromatic hydroxyl groups is 1. The van der Waals surface area contributed by atoms with E-state index in [2.05, 4.69) is 5.10 Å². The first kappa shape index (κ1) is 11.7. The van der Waals surface area contributed by atoms with E-state index in [0.717, 1.165) is 22.6 Å². The van der Waals surface area contributed by atoms with Gasteiger partial charge in [-0.3, -0.25) is 0 Å². The van der Waals surface area contributed by atoms with Crippen LogP contribution in [0.3, 0.4) is 0 Å². The van der Waals surface area contributed by atoms with Crippen molar-refractivity contribution in [1.29, 1.82) is 0 Å². The van der Waals surface area contributed by atoms with Crippen molar-refractivity contribution in [2.24, 2.45) is 5.73 Å². The number of phenolic OH excluding ortho intramolecular Hbond substituents is 1. The molecule has 0 aliphatic carbocycles. The molecule has 1 atom stereocenters. The van der Waals surface area contributed by atoms with Gasteiger partial charge in [0.25, 0.3) is 0 Å². The third-order valence-electron chi connectivity index (χ3n) is 2.88. The van der Waals surface area contributed by atoms with Gasteiger partial charge in [-0.1, -0.05) is 6.07 Å². The van der Waals surface area contributed by atoms with Gasteiger partial charge < -0.3 is 10.8 Å². The molecule has 3 N–H and O–H groups in total. The Kier molecular flexibility index (Phi) is 2.90. The molecule has 1 heterocycles. The van der Waals surface area contributed by atoms with Gasteiger partial charge in [0.15, 0.2) is 0 Å². The predicted octanol–water partition coefficient (Wildman–Crippen LogP) is 2.21. The van der Waals surface area contributed by atoms with Gasteiger partial charge in [0.2, 0.25) is 0 Å². The number of benzene rings is 1. The van der Waals surface area contributed by atoms with Gasteiger partial charge in [0.05, 0.1) is 11.4 Å². The van der Waals surface area contributed by atoms with Crippen LogP contribution in [0.15, 0.2) is 24.3 Å². The fraction of sp³-hybridized carbons (Fsp3) is 0.308. The van der Waals surface area contributed by atoms with Crippen LogP contribution in [0.4, 0.5) is 0 Å². The summed E-state index contributed by atoms with van der Waals surface area (Å²) in [5, 5.41) is 14.0. The van der Waals surface area contributed by atoms with E-state index >= 15 is 0 Å². The van der Waals surface area contributed by atoms with Crippen molar-refractivity contribution in [3.05, 3.63) is 41.2 Å². The Balaban J connectivity index is 2.58. The maximum atomic E-state index is 9.48. The fourth-order valence-corrected chi connectivity index (χ4v) is 2.19. The van der Waals surface area contributed by atoms with Crippen molar-refractivity contribution in [1.82, 2.24) is 9.78 Å². The quantitative estimate of drug-likeness (QED) is 0.833. The van der Waals surface area contributed by atoms with Crippen LogP contribution in [0.5, 0.6) is 5.75 Å². The third-order valence-corrected chi connectivity index (χ3v) is 2.88. The highest BCUT2D eigenvalue weighted by Crippen LogP contribution is 2.23. The minimum absolute atomic E-state index is 0.0407. The molecule has 0 aliphatic heterocycles. The molecule has 0 aliphatic rings. The summed E-state index contributed by atoms with van der Waals surface area (Å²) in [5.41, 5.74) is 9.79. The molecule has 1 aromatic carbocycles. The van der Waals surface area contributed by atoms with Crippen LogP contribution in [0.1, 0.15) is 29.9 Å². The number of hydrogen-bond acceptors (Lipinski definition) is 3. The summed E-state index contributed by atoms with van der Waals surface area (Å²) in [6.45, 7) is 5.89. The number of aromatic nitrogens is 2. The summed E-state index contributed by atoms with van der Waals surface area (Å²) >= 11 is 0. The fourth-order valence-electron chi connectivity index (χ4n) is 2.19. The number of rotatable bonds is 2. The highest BCUT2D eigenvalue weighted by atomic mass is 16.3. The Morgan fingerprint density at radius 3 is 2.59 bits per heavy atom. The van der Waals surface area contributed by atoms with Gasteiger partial charge in [-0.05, 0) is 32.9 Å². The zero-order chi connectivity index (χ0) is 12.6. The van der Waals surface area contributed by atoms with E-state index in [-0.39, 0.29) is 11.8 Å². The Morgan fingerprint density at radius 2 is 2.06 bits per heavy atom. The van der Waals surface area contributed by atoms with E-state index in [1.807, 2.05) is 31.5 Å². The topological polar surface area (TPSA) is 64.1 Å². The molecular weight excluding hydrogens is 214 g/mol. The first-order valence-corrected chi connectivity index (χ1v) is 5.62. The average Bonchev–Trinajstić information content (AvgIpc) is 2.54. The molecule has 1 aromatic heterocycles. The van der Waals surface area contributed by atoms with Gasteiger partial charge in [-0.2, -0.15) is 5.10 Å². The third kappa shape index (κ3) is 2.03. The Morgan fingerprint density at radius 1 is 1.35 bits per heavy atom. The van der Waals surface area contributed by atoms with Crippen LogP contribution >= 0.6 is 0 Å². The summed E-state index contributed by atoms with van der Waals surface area (Å²) in [7, 11) is 0. The van der Waals surface area contributed by atoms with Crippen molar-refractivity contribution in [2.75, 3.05) is 0 Å². The molecule has 4 nitrogen and oxygen atoms in total. The lowest BCUT2D eigenvalue weighted by molar-refractivity contribution is 0.474. The number of nitrogens with two attached hydrogens (primary N) is 1. The summed E-state index contributed by atoms with van der Waals surface area (Å²) in [5.74, 6) is 0.234. The monoisotopic (exact) mass is 231 g/mol. The maximum absolute atomic E-state index is 9.48. The van der Waals surface area contributed by atoms with E-state index in [1.165, 1.54) is 0 Å². The SMILES string of the molecule is Cc1nn(-c2cccc(O)c2)c(C)c1C(C)N. The largest absolute Gasteiger partial charge is 0.508 e. The van der Waals surface area contributed by atoms with Crippen molar-refractivity contribution >= 4 is 0 Å². The second-order valence-electron chi connectivity index (χ2n) is 4.30. The van der Waals surface area contributed by atoms with Crippen LogP contribution < -0.4 is 5.73 Å². The number of hydrogen-bond donors (Lipinski definition) is 2. The molecule has 4 heteroatoms. The molecule has 0 bridgehead atoms. The highest BCUT2D eigenvalue weighted by Gasteiger charge is 2.15. The predicted molar refractivity (Wildman–Crippen MR) is 67.3 cm³/mol. The van der Waals surface area contributed by atoms with Crippen LogP contribution in [0.25, 0.3) is 5.69 Å². The molecule has 0 radical (unpaired) electrons. The van der Waals surface area contributed by atoms with Crippen molar-refractivity contribution in [2.45, 2.75) is 26.8 Å². The smallest absolute Gasteiger partial charge is 0.117 e. The van der Waals surface area contributed by atoms with Crippen molar-refractivity contribution in [3.8, 4) is 11.4 Å². The first-order chi connectivity index (χ1) is 8.00. The van der Waals surface area contributed by atoms with Gasteiger partial charge in [-0.25, -0.2) is 4.68 Å². The number of phenols is 1. The van der Waals surface area contributed by atoms with E-state index in [9.17, 15) is 5.11 Å². The second kappa shape index (κ2) is 4.22. The summed E-state index contributed by atoms with van der Waals surface area (Å²) in [4.78, 5) is 0. The normalized spacial score (nSPS) is 12.7. The molecule has 0 fully saturated rings. The molecule has 17 heavy (non-hydrogen) atoms. The van der Waals surface area contributed by atoms with Crippen molar-refractivity contribution < 1.29 is 5.11 Å². The van der Waals surface area contributed by atoms with Gasteiger partial charge >= 0.3 is 0 Å². The van der Waals surface area contributed by atoms with Crippen LogP contribution in [-0.2, 0) is 0 Å². The van der Waals surface area contributed by atoms with E-state index in [0.29, 0.717) is 0 Å². The molecule has 90 valence electrons. The molecular formula is C13H17N3O. The summed E-state index contributed by atoms with van der Waals surface area (Å²) in [6.07, 6.45) is 0. The van der Waals surface area contributed by atoms with E-state index in [4.69, 9.17) is 5.73 Å². The Bertz CT molecular complexity index is 544. The minimum atomic E-state index is -0.0407. The molecule has 2 rings (SSSR count). The van der Waals surface area contributed by atoms with Gasteiger partial charge in [-0.15, -0.1) is 0 Å². The second-order valence-corrected chi connectivity index (χ2v) is 4.30. The number of aryl methyl sites for hydroxylation is 1. The van der Waals surface area contributed by atoms with Crippen LogP contribution in [0, 0.1) is 13.8 Å². The lowest BCUT2D eigenvalue weighted by Gasteiger charge is -2.07. The zero-order valence-electron chi connectivity index (χ0n) is 10.3. The molecule has 0 amide bonds. The van der Waals surface area contributed by atoms with E-state index in [1.54, 1.807) is 18.2 Å². The molecule has 0 spiro atoms. The Labute approximate surface area is 101 Å². The van der Waals surface area contributed by atoms with E-state index < -0.39 is 0 Å². The zero-order valence-corrected chi connectivity index (χ0v) is 10.3. The molecule has 0 saturated heterocycles. The van der Waals surface area contributed by atoms with Gasteiger partial charge in [0.1, 0.15) is 5.75 Å². The Hall–Kier alpha value is -1.81. The summed E-state index contributed by atoms with van der Waals surface area (Å²) < 4.78 is 1.81. The molecule has 0 saturated carbocycles. The standard InChI is InChI=1S/C13H17N3O/c1-8(14)13-9(2)15-16(10(13)3)11-5-4-6-12(17)7-11/h4-8,17H,14H2,1-3H3. The van der Waals surface area contributed by atoms with Gasteiger partial charge in [0, 0.05) is 23.4 Å².